The van der Waals surface area contributed by atoms with Crippen LogP contribution in [-0.4, -0.2) is 13.9 Å². The maximum atomic E-state index is 12.5. The molecule has 0 atom stereocenters. The number of benzene rings is 1. The maximum Gasteiger partial charge on any atom is 0.534 e. The minimum Gasteiger partial charge on any atom is -0.376 e. The number of hydrogen-bond acceptors (Lipinski definition) is 3. The van der Waals surface area contributed by atoms with Gasteiger partial charge in [0.15, 0.2) is 0 Å². The van der Waals surface area contributed by atoms with E-state index in [1.54, 1.807) is 0 Å². The second kappa shape index (κ2) is 6.17. The Bertz CT molecular complexity index is 787. The summed E-state index contributed by atoms with van der Waals surface area (Å²) in [5.74, 6) is 2.12. The lowest BCUT2D eigenvalue weighted by Crippen LogP contribution is -2.43. The third-order valence-electron chi connectivity index (χ3n) is 6.10. The fraction of sp³-hybridized carbons (Fsp3) is 0.647. The van der Waals surface area contributed by atoms with Gasteiger partial charge in [-0.15, -0.1) is 0 Å². The smallest absolute Gasteiger partial charge is 0.376 e. The molecule has 4 bridgehead atoms. The Labute approximate surface area is 159 Å². The van der Waals surface area contributed by atoms with E-state index < -0.39 is 21.4 Å². The highest BCUT2D eigenvalue weighted by molar-refractivity contribution is 7.88. The molecule has 0 amide bonds. The summed E-state index contributed by atoms with van der Waals surface area (Å²) >= 11 is 12.7. The van der Waals surface area contributed by atoms with Gasteiger partial charge in [0.1, 0.15) is 5.75 Å². The van der Waals surface area contributed by atoms with Crippen molar-refractivity contribution < 1.29 is 25.8 Å². The summed E-state index contributed by atoms with van der Waals surface area (Å²) in [6.45, 7) is 0. The molecule has 0 heterocycles. The highest BCUT2D eigenvalue weighted by atomic mass is 35.5. The minimum absolute atomic E-state index is 0.169. The van der Waals surface area contributed by atoms with Crippen LogP contribution in [-0.2, 0) is 10.1 Å². The van der Waals surface area contributed by atoms with Crippen LogP contribution in [0.3, 0.4) is 0 Å². The van der Waals surface area contributed by atoms with Crippen molar-refractivity contribution in [3.8, 4) is 5.75 Å². The molecule has 144 valence electrons. The number of hydrogen-bond donors (Lipinski definition) is 0. The lowest BCUT2D eigenvalue weighted by Gasteiger charge is -2.55. The predicted octanol–water partition coefficient (Wildman–Crippen LogP) is 5.76. The first kappa shape index (κ1) is 18.7. The van der Waals surface area contributed by atoms with Crippen molar-refractivity contribution in [2.75, 3.05) is 0 Å². The molecule has 4 aliphatic carbocycles. The Morgan fingerprint density at radius 3 is 1.81 bits per heavy atom. The lowest BCUT2D eigenvalue weighted by molar-refractivity contribution is -0.0500. The molecule has 0 radical (unpaired) electrons. The topological polar surface area (TPSA) is 43.4 Å². The van der Waals surface area contributed by atoms with E-state index in [0.717, 1.165) is 55.2 Å². The second-order valence-corrected chi connectivity index (χ2v) is 10.1. The zero-order valence-electron chi connectivity index (χ0n) is 13.6. The van der Waals surface area contributed by atoms with Crippen LogP contribution in [0.5, 0.6) is 5.75 Å². The molecule has 1 aromatic rings. The van der Waals surface area contributed by atoms with Crippen molar-refractivity contribution in [3.05, 3.63) is 27.7 Å². The monoisotopic (exact) mass is 428 g/mol. The van der Waals surface area contributed by atoms with Crippen LogP contribution in [0.1, 0.15) is 43.6 Å². The van der Waals surface area contributed by atoms with Gasteiger partial charge < -0.3 is 4.18 Å². The molecular formula is C17H17Cl2F3O3S. The number of alkyl halides is 3. The van der Waals surface area contributed by atoms with E-state index in [1.165, 1.54) is 6.42 Å². The standard InChI is InChI=1S/C17H17Cl2F3O3S/c18-13-6-12(25-26(23,24)17(20,21)22)7-14(19)16(13)15-10-2-8-1-9(4-10)5-11(15)3-8/h6-11,15H,1-5H2. The quantitative estimate of drug-likeness (QED) is 0.453. The van der Waals surface area contributed by atoms with Crippen molar-refractivity contribution in [1.29, 1.82) is 0 Å². The Balaban J connectivity index is 1.65. The molecule has 0 aliphatic heterocycles. The van der Waals surface area contributed by atoms with Crippen LogP contribution in [0.25, 0.3) is 0 Å². The fourth-order valence-corrected chi connectivity index (χ4v) is 6.66. The van der Waals surface area contributed by atoms with Gasteiger partial charge in [-0.05, 0) is 67.3 Å². The molecule has 3 nitrogen and oxygen atoms in total. The van der Waals surface area contributed by atoms with E-state index in [-0.39, 0.29) is 16.0 Å². The van der Waals surface area contributed by atoms with Crippen LogP contribution in [0.15, 0.2) is 12.1 Å². The van der Waals surface area contributed by atoms with Gasteiger partial charge in [-0.1, -0.05) is 23.2 Å². The number of halogens is 5. The molecule has 0 unspecified atom stereocenters. The molecule has 4 fully saturated rings. The Morgan fingerprint density at radius 2 is 1.38 bits per heavy atom. The molecule has 0 aromatic heterocycles. The van der Waals surface area contributed by atoms with Gasteiger partial charge in [0.25, 0.3) is 0 Å². The summed E-state index contributed by atoms with van der Waals surface area (Å²) in [5.41, 5.74) is -4.79. The minimum atomic E-state index is -5.76. The second-order valence-electron chi connectivity index (χ2n) is 7.74. The summed E-state index contributed by atoms with van der Waals surface area (Å²) in [4.78, 5) is 0. The zero-order valence-corrected chi connectivity index (χ0v) is 15.9. The summed E-state index contributed by atoms with van der Waals surface area (Å²) < 4.78 is 64.1. The molecule has 5 rings (SSSR count). The fourth-order valence-electron chi connectivity index (χ4n) is 5.50. The highest BCUT2D eigenvalue weighted by Gasteiger charge is 2.50. The first-order chi connectivity index (χ1) is 12.0. The van der Waals surface area contributed by atoms with Crippen molar-refractivity contribution in [1.82, 2.24) is 0 Å². The highest BCUT2D eigenvalue weighted by Crippen LogP contribution is 2.61. The number of rotatable bonds is 3. The van der Waals surface area contributed by atoms with E-state index in [4.69, 9.17) is 23.2 Å². The van der Waals surface area contributed by atoms with Crippen LogP contribution < -0.4 is 4.18 Å². The van der Waals surface area contributed by atoms with Gasteiger partial charge in [-0.25, -0.2) is 0 Å². The van der Waals surface area contributed by atoms with Crippen LogP contribution in [0.2, 0.25) is 10.0 Å². The maximum absolute atomic E-state index is 12.5. The summed E-state index contributed by atoms with van der Waals surface area (Å²) in [7, 11) is -5.76. The van der Waals surface area contributed by atoms with Crippen molar-refractivity contribution in [3.63, 3.8) is 0 Å². The van der Waals surface area contributed by atoms with Crippen molar-refractivity contribution >= 4 is 33.3 Å². The molecule has 4 aliphatic rings. The Hall–Kier alpha value is -0.660. The van der Waals surface area contributed by atoms with Gasteiger partial charge in [0, 0.05) is 22.2 Å². The summed E-state index contributed by atoms with van der Waals surface area (Å²) in [6, 6.07) is 2.24. The third kappa shape index (κ3) is 3.10. The lowest BCUT2D eigenvalue weighted by atomic mass is 9.51. The molecule has 26 heavy (non-hydrogen) atoms. The van der Waals surface area contributed by atoms with E-state index in [2.05, 4.69) is 4.18 Å². The first-order valence-electron chi connectivity index (χ1n) is 8.55. The molecular weight excluding hydrogens is 412 g/mol. The van der Waals surface area contributed by atoms with Gasteiger partial charge in [0.2, 0.25) is 0 Å². The van der Waals surface area contributed by atoms with Crippen molar-refractivity contribution in [2.45, 2.75) is 43.5 Å². The molecule has 0 N–H and O–H groups in total. The van der Waals surface area contributed by atoms with Gasteiger partial charge in [-0.3, -0.25) is 0 Å². The van der Waals surface area contributed by atoms with E-state index in [9.17, 15) is 21.6 Å². The van der Waals surface area contributed by atoms with E-state index in [1.807, 2.05) is 0 Å². The molecule has 9 heteroatoms. The molecule has 1 aromatic carbocycles. The SMILES string of the molecule is O=S(=O)(Oc1cc(Cl)c(C2C3CC4CC(C3)CC2C4)c(Cl)c1)C(F)(F)F. The van der Waals surface area contributed by atoms with Crippen LogP contribution in [0.4, 0.5) is 13.2 Å². The van der Waals surface area contributed by atoms with Crippen molar-refractivity contribution in [2.24, 2.45) is 23.7 Å². The first-order valence-corrected chi connectivity index (χ1v) is 10.7. The average molecular weight is 429 g/mol. The summed E-state index contributed by atoms with van der Waals surface area (Å²) in [5, 5.41) is 0.338. The normalized spacial score (nSPS) is 33.5. The van der Waals surface area contributed by atoms with E-state index in [0.29, 0.717) is 11.8 Å². The summed E-state index contributed by atoms with van der Waals surface area (Å²) in [6.07, 6.45) is 5.81. The van der Waals surface area contributed by atoms with Gasteiger partial charge >= 0.3 is 15.6 Å². The van der Waals surface area contributed by atoms with E-state index >= 15 is 0 Å². The zero-order chi connectivity index (χ0) is 18.9. The molecule has 4 saturated carbocycles. The largest absolute Gasteiger partial charge is 0.534 e. The van der Waals surface area contributed by atoms with Crippen LogP contribution in [0, 0.1) is 23.7 Å². The molecule has 0 spiro atoms. The van der Waals surface area contributed by atoms with Crippen LogP contribution >= 0.6 is 23.2 Å². The Kier molecular flexibility index (Phi) is 4.44. The predicted molar refractivity (Wildman–Crippen MR) is 91.9 cm³/mol. The molecule has 0 saturated heterocycles. The average Bonchev–Trinajstić information content (AvgIpc) is 2.46. The van der Waals surface area contributed by atoms with Gasteiger partial charge in [-0.2, -0.15) is 21.6 Å². The third-order valence-corrected chi connectivity index (χ3v) is 7.71. The Morgan fingerprint density at radius 1 is 0.923 bits per heavy atom. The van der Waals surface area contributed by atoms with Gasteiger partial charge in [0.05, 0.1) is 0 Å².